The number of hydrogen-bond donors (Lipinski definition) is 0. The number of piperidine rings is 1. The Morgan fingerprint density at radius 3 is 2.56 bits per heavy atom. The number of nitrogens with zero attached hydrogens (tertiary/aromatic N) is 1. The van der Waals surface area contributed by atoms with Crippen molar-refractivity contribution >= 4 is 0 Å². The summed E-state index contributed by atoms with van der Waals surface area (Å²) in [6.07, 6.45) is 5.09. The molecule has 1 aromatic rings. The first kappa shape index (κ1) is 12.1. The van der Waals surface area contributed by atoms with E-state index in [1.54, 1.807) is 12.1 Å². The van der Waals surface area contributed by atoms with E-state index in [2.05, 4.69) is 11.9 Å². The molecule has 2 atom stereocenters. The average Bonchev–Trinajstić information content (AvgIpc) is 2.62. The summed E-state index contributed by atoms with van der Waals surface area (Å²) in [4.78, 5) is 2.49. The van der Waals surface area contributed by atoms with E-state index in [1.807, 2.05) is 6.07 Å². The van der Waals surface area contributed by atoms with Crippen molar-refractivity contribution in [3.8, 4) is 0 Å². The van der Waals surface area contributed by atoms with Crippen LogP contribution < -0.4 is 0 Å². The largest absolute Gasteiger partial charge is 0.373 e. The van der Waals surface area contributed by atoms with Crippen molar-refractivity contribution < 1.29 is 9.13 Å². The topological polar surface area (TPSA) is 12.5 Å². The second kappa shape index (κ2) is 4.98. The fourth-order valence-corrected chi connectivity index (χ4v) is 3.32. The van der Waals surface area contributed by atoms with Crippen molar-refractivity contribution in [3.63, 3.8) is 0 Å². The molecular weight excluding hydrogens is 229 g/mol. The maximum Gasteiger partial charge on any atom is 0.128 e. The van der Waals surface area contributed by atoms with E-state index in [4.69, 9.17) is 4.74 Å². The van der Waals surface area contributed by atoms with E-state index in [1.165, 1.54) is 18.9 Å². The Balaban J connectivity index is 1.57. The summed E-state index contributed by atoms with van der Waals surface area (Å²) >= 11 is 0. The molecule has 0 aromatic heterocycles. The molecule has 18 heavy (non-hydrogen) atoms. The van der Waals surface area contributed by atoms with E-state index >= 15 is 0 Å². The van der Waals surface area contributed by atoms with Gasteiger partial charge in [-0.3, -0.25) is 0 Å². The Kier molecular flexibility index (Phi) is 3.35. The smallest absolute Gasteiger partial charge is 0.128 e. The minimum Gasteiger partial charge on any atom is -0.373 e. The molecule has 2 heterocycles. The summed E-state index contributed by atoms with van der Waals surface area (Å²) in [6.45, 7) is 0.403. The molecule has 0 amide bonds. The van der Waals surface area contributed by atoms with Crippen molar-refractivity contribution in [1.82, 2.24) is 4.90 Å². The zero-order chi connectivity index (χ0) is 12.5. The lowest BCUT2D eigenvalue weighted by atomic mass is 10.0. The number of rotatable bonds is 3. The van der Waals surface area contributed by atoms with E-state index in [-0.39, 0.29) is 5.82 Å². The van der Waals surface area contributed by atoms with E-state index < -0.39 is 0 Å². The van der Waals surface area contributed by atoms with Crippen molar-refractivity contribution in [3.05, 3.63) is 35.6 Å². The van der Waals surface area contributed by atoms with Gasteiger partial charge in [0.2, 0.25) is 0 Å². The fourth-order valence-electron chi connectivity index (χ4n) is 3.32. The first-order valence-electron chi connectivity index (χ1n) is 6.81. The first-order valence-corrected chi connectivity index (χ1v) is 6.81. The third kappa shape index (κ3) is 2.29. The number of ether oxygens (including phenoxy) is 1. The lowest BCUT2D eigenvalue weighted by Gasteiger charge is -2.36. The standard InChI is InChI=1S/C15H20FNO/c1-17-12-6-7-13(17)9-14(8-12)18-10-11-4-2-3-5-15(11)16/h2-5,12-14H,6-10H2,1H3. The summed E-state index contributed by atoms with van der Waals surface area (Å²) in [5, 5.41) is 0. The molecule has 0 radical (unpaired) electrons. The van der Waals surface area contributed by atoms with Crippen LogP contribution in [-0.4, -0.2) is 30.1 Å². The second-order valence-electron chi connectivity index (χ2n) is 5.55. The van der Waals surface area contributed by atoms with Crippen molar-refractivity contribution in [2.75, 3.05) is 7.05 Å². The molecule has 0 spiro atoms. The van der Waals surface area contributed by atoms with Crippen LogP contribution in [0.1, 0.15) is 31.2 Å². The Morgan fingerprint density at radius 2 is 1.89 bits per heavy atom. The number of hydrogen-bond acceptors (Lipinski definition) is 2. The predicted octanol–water partition coefficient (Wildman–Crippen LogP) is 2.97. The molecule has 2 saturated heterocycles. The molecule has 2 fully saturated rings. The summed E-state index contributed by atoms with van der Waals surface area (Å²) in [7, 11) is 2.22. The third-order valence-electron chi connectivity index (χ3n) is 4.49. The number of benzene rings is 1. The van der Waals surface area contributed by atoms with Crippen LogP contribution in [0.2, 0.25) is 0 Å². The van der Waals surface area contributed by atoms with Gasteiger partial charge in [0, 0.05) is 17.6 Å². The summed E-state index contributed by atoms with van der Waals surface area (Å²) in [5.41, 5.74) is 0.670. The molecule has 2 aliphatic rings. The second-order valence-corrected chi connectivity index (χ2v) is 5.55. The van der Waals surface area contributed by atoms with Crippen LogP contribution in [0, 0.1) is 5.82 Å². The van der Waals surface area contributed by atoms with Gasteiger partial charge in [0.25, 0.3) is 0 Å². The van der Waals surface area contributed by atoms with Crippen LogP contribution >= 0.6 is 0 Å². The molecule has 0 aliphatic carbocycles. The van der Waals surface area contributed by atoms with Crippen molar-refractivity contribution in [1.29, 1.82) is 0 Å². The molecule has 2 aliphatic heterocycles. The molecule has 98 valence electrons. The van der Waals surface area contributed by atoms with Crippen LogP contribution in [0.4, 0.5) is 4.39 Å². The fraction of sp³-hybridized carbons (Fsp3) is 0.600. The minimum absolute atomic E-state index is 0.159. The quantitative estimate of drug-likeness (QED) is 0.816. The highest BCUT2D eigenvalue weighted by atomic mass is 19.1. The molecule has 0 N–H and O–H groups in total. The van der Waals surface area contributed by atoms with Gasteiger partial charge in [0.1, 0.15) is 5.82 Å². The zero-order valence-electron chi connectivity index (χ0n) is 10.8. The van der Waals surface area contributed by atoms with Gasteiger partial charge in [-0.1, -0.05) is 18.2 Å². The van der Waals surface area contributed by atoms with Gasteiger partial charge >= 0.3 is 0 Å². The van der Waals surface area contributed by atoms with Gasteiger partial charge in [-0.05, 0) is 38.8 Å². The van der Waals surface area contributed by atoms with Gasteiger partial charge in [-0.2, -0.15) is 0 Å². The maximum absolute atomic E-state index is 13.5. The minimum atomic E-state index is -0.159. The van der Waals surface area contributed by atoms with Gasteiger partial charge in [-0.25, -0.2) is 4.39 Å². The van der Waals surface area contributed by atoms with Gasteiger partial charge in [0.05, 0.1) is 12.7 Å². The number of fused-ring (bicyclic) bond motifs is 2. The lowest BCUT2D eigenvalue weighted by Crippen LogP contribution is -2.42. The predicted molar refractivity (Wildman–Crippen MR) is 68.8 cm³/mol. The monoisotopic (exact) mass is 249 g/mol. The Hall–Kier alpha value is -0.930. The van der Waals surface area contributed by atoms with Crippen LogP contribution in [0.3, 0.4) is 0 Å². The highest BCUT2D eigenvalue weighted by Crippen LogP contribution is 2.35. The average molecular weight is 249 g/mol. The first-order chi connectivity index (χ1) is 8.74. The summed E-state index contributed by atoms with van der Waals surface area (Å²) in [5.74, 6) is -0.159. The highest BCUT2D eigenvalue weighted by molar-refractivity contribution is 5.16. The normalized spacial score (nSPS) is 31.8. The summed E-state index contributed by atoms with van der Waals surface area (Å²) < 4.78 is 19.4. The van der Waals surface area contributed by atoms with Gasteiger partial charge in [-0.15, -0.1) is 0 Å². The number of halogens is 1. The van der Waals surface area contributed by atoms with E-state index in [0.717, 1.165) is 12.8 Å². The van der Waals surface area contributed by atoms with Crippen LogP contribution in [-0.2, 0) is 11.3 Å². The van der Waals surface area contributed by atoms with E-state index in [0.29, 0.717) is 30.4 Å². The van der Waals surface area contributed by atoms with Gasteiger partial charge in [0.15, 0.2) is 0 Å². The zero-order valence-corrected chi connectivity index (χ0v) is 10.8. The highest BCUT2D eigenvalue weighted by Gasteiger charge is 2.38. The van der Waals surface area contributed by atoms with Gasteiger partial charge < -0.3 is 9.64 Å². The molecule has 0 saturated carbocycles. The summed E-state index contributed by atoms with van der Waals surface area (Å²) in [6, 6.07) is 8.23. The van der Waals surface area contributed by atoms with Crippen LogP contribution in [0.25, 0.3) is 0 Å². The Bertz CT molecular complexity index is 409. The maximum atomic E-state index is 13.5. The molecule has 2 bridgehead atoms. The third-order valence-corrected chi connectivity index (χ3v) is 4.49. The van der Waals surface area contributed by atoms with Crippen LogP contribution in [0.15, 0.2) is 24.3 Å². The lowest BCUT2D eigenvalue weighted by molar-refractivity contribution is -0.0219. The molecule has 2 nitrogen and oxygen atoms in total. The van der Waals surface area contributed by atoms with E-state index in [9.17, 15) is 4.39 Å². The van der Waals surface area contributed by atoms with Crippen molar-refractivity contribution in [2.45, 2.75) is 50.5 Å². The van der Waals surface area contributed by atoms with Crippen molar-refractivity contribution in [2.24, 2.45) is 0 Å². The SMILES string of the molecule is CN1C2CCC1CC(OCc1ccccc1F)C2. The molecule has 1 aromatic carbocycles. The molecule has 3 heteroatoms. The Morgan fingerprint density at radius 1 is 1.22 bits per heavy atom. The molecule has 3 rings (SSSR count). The Labute approximate surface area is 108 Å². The molecular formula is C15H20FNO. The van der Waals surface area contributed by atoms with Crippen LogP contribution in [0.5, 0.6) is 0 Å². The molecule has 2 unspecified atom stereocenters.